The van der Waals surface area contributed by atoms with E-state index in [0.717, 1.165) is 42.5 Å². The Morgan fingerprint density at radius 1 is 1.19 bits per heavy atom. The van der Waals surface area contributed by atoms with Crippen LogP contribution in [-0.2, 0) is 24.2 Å². The lowest BCUT2D eigenvalue weighted by Crippen LogP contribution is -2.07. The number of ether oxygens (including phenoxy) is 1. The summed E-state index contributed by atoms with van der Waals surface area (Å²) in [6.07, 6.45) is 5.76. The molecule has 21 heavy (non-hydrogen) atoms. The van der Waals surface area contributed by atoms with Crippen LogP contribution in [-0.4, -0.2) is 23.1 Å². The molecule has 0 spiro atoms. The number of hydrogen-bond acceptors (Lipinski definition) is 5. The number of thiophene rings is 1. The molecule has 4 nitrogen and oxygen atoms in total. The number of hydrogen-bond donors (Lipinski definition) is 1. The number of fused-ring (bicyclic) bond motifs is 3. The molecule has 3 rings (SSSR count). The smallest absolute Gasteiger partial charge is 0.158 e. The van der Waals surface area contributed by atoms with Gasteiger partial charge in [-0.15, -0.1) is 11.3 Å². The monoisotopic (exact) mass is 305 g/mol. The summed E-state index contributed by atoms with van der Waals surface area (Å²) in [5.41, 5.74) is 1.48. The highest BCUT2D eigenvalue weighted by atomic mass is 32.1. The number of aromatic nitrogens is 2. The summed E-state index contributed by atoms with van der Waals surface area (Å²) in [4.78, 5) is 12.1. The average Bonchev–Trinajstić information content (AvgIpc) is 3.05. The molecule has 2 heterocycles. The van der Waals surface area contributed by atoms with Gasteiger partial charge >= 0.3 is 0 Å². The largest absolute Gasteiger partial charge is 0.373 e. The Labute approximate surface area is 129 Å². The quantitative estimate of drug-likeness (QED) is 0.787. The van der Waals surface area contributed by atoms with E-state index < -0.39 is 0 Å². The lowest BCUT2D eigenvalue weighted by atomic mass is 10.2. The van der Waals surface area contributed by atoms with Gasteiger partial charge in [-0.25, -0.2) is 9.97 Å². The van der Waals surface area contributed by atoms with Crippen molar-refractivity contribution in [3.8, 4) is 0 Å². The van der Waals surface area contributed by atoms with E-state index in [1.165, 1.54) is 35.1 Å². The lowest BCUT2D eigenvalue weighted by Gasteiger charge is -2.09. The minimum atomic E-state index is 0.507. The van der Waals surface area contributed by atoms with Crippen LogP contribution in [0.1, 0.15) is 49.4 Å². The van der Waals surface area contributed by atoms with Gasteiger partial charge in [0, 0.05) is 18.0 Å². The summed E-state index contributed by atoms with van der Waals surface area (Å²) in [5, 5.41) is 4.75. The van der Waals surface area contributed by atoms with E-state index in [-0.39, 0.29) is 0 Å². The van der Waals surface area contributed by atoms with E-state index in [2.05, 4.69) is 19.2 Å². The third-order valence-electron chi connectivity index (χ3n) is 3.73. The fourth-order valence-electron chi connectivity index (χ4n) is 2.78. The van der Waals surface area contributed by atoms with Gasteiger partial charge < -0.3 is 10.1 Å². The Hall–Kier alpha value is -1.20. The molecule has 0 saturated heterocycles. The van der Waals surface area contributed by atoms with Crippen LogP contribution in [0.3, 0.4) is 0 Å². The molecule has 5 heteroatoms. The number of nitrogens with one attached hydrogen (secondary N) is 1. The highest BCUT2D eigenvalue weighted by molar-refractivity contribution is 7.19. The van der Waals surface area contributed by atoms with Crippen LogP contribution in [0, 0.1) is 0 Å². The molecule has 0 saturated carbocycles. The molecule has 1 aliphatic carbocycles. The van der Waals surface area contributed by atoms with Gasteiger partial charge in [0.2, 0.25) is 0 Å². The van der Waals surface area contributed by atoms with E-state index in [4.69, 9.17) is 14.7 Å². The molecule has 0 bridgehead atoms. The first-order chi connectivity index (χ1) is 10.3. The topological polar surface area (TPSA) is 47.0 Å². The Kier molecular flexibility index (Phi) is 4.70. The molecular weight excluding hydrogens is 282 g/mol. The third-order valence-corrected chi connectivity index (χ3v) is 4.92. The van der Waals surface area contributed by atoms with Gasteiger partial charge in [0.05, 0.1) is 5.39 Å². The zero-order valence-electron chi connectivity index (χ0n) is 12.9. The van der Waals surface area contributed by atoms with Crippen LogP contribution < -0.4 is 5.32 Å². The molecule has 0 atom stereocenters. The van der Waals surface area contributed by atoms with Crippen molar-refractivity contribution in [3.05, 3.63) is 16.3 Å². The Balaban J connectivity index is 1.96. The van der Waals surface area contributed by atoms with Crippen molar-refractivity contribution < 1.29 is 4.74 Å². The van der Waals surface area contributed by atoms with Gasteiger partial charge in [-0.1, -0.05) is 13.8 Å². The fraction of sp³-hybridized carbons (Fsp3) is 0.625. The summed E-state index contributed by atoms with van der Waals surface area (Å²) in [7, 11) is 0. The summed E-state index contributed by atoms with van der Waals surface area (Å²) in [6, 6.07) is 0. The summed E-state index contributed by atoms with van der Waals surface area (Å²) in [6.45, 7) is 6.51. The first-order valence-electron chi connectivity index (χ1n) is 7.96. The maximum atomic E-state index is 5.61. The van der Waals surface area contributed by atoms with Gasteiger partial charge in [-0.05, 0) is 37.7 Å². The van der Waals surface area contributed by atoms with Crippen molar-refractivity contribution >= 4 is 27.4 Å². The maximum absolute atomic E-state index is 5.61. The van der Waals surface area contributed by atoms with E-state index in [0.29, 0.717) is 6.61 Å². The molecule has 2 aromatic rings. The molecule has 114 valence electrons. The third kappa shape index (κ3) is 3.04. The standard InChI is InChI=1S/C16H23N3OS/c1-3-8-17-15-14-11-6-5-7-12(11)21-16(14)19-13(18-15)10-20-9-4-2/h3-10H2,1-2H3,(H,17,18,19). The van der Waals surface area contributed by atoms with Gasteiger partial charge in [0.15, 0.2) is 5.82 Å². The molecule has 0 aromatic carbocycles. The average molecular weight is 305 g/mol. The summed E-state index contributed by atoms with van der Waals surface area (Å²) >= 11 is 1.84. The van der Waals surface area contributed by atoms with Gasteiger partial charge in [0.25, 0.3) is 0 Å². The van der Waals surface area contributed by atoms with Crippen molar-refractivity contribution in [3.63, 3.8) is 0 Å². The number of anilines is 1. The maximum Gasteiger partial charge on any atom is 0.158 e. The minimum Gasteiger partial charge on any atom is -0.373 e. The predicted molar refractivity (Wildman–Crippen MR) is 88.2 cm³/mol. The van der Waals surface area contributed by atoms with Crippen LogP contribution in [0.2, 0.25) is 0 Å². The SMILES string of the molecule is CCCNc1nc(COCCC)nc2sc3c(c12)CCC3. The van der Waals surface area contributed by atoms with E-state index in [1.807, 2.05) is 11.3 Å². The summed E-state index contributed by atoms with van der Waals surface area (Å²) in [5.74, 6) is 1.81. The number of nitrogens with zero attached hydrogens (tertiary/aromatic N) is 2. The Morgan fingerprint density at radius 2 is 2.10 bits per heavy atom. The summed E-state index contributed by atoms with van der Waals surface area (Å²) < 4.78 is 5.61. The zero-order valence-corrected chi connectivity index (χ0v) is 13.7. The predicted octanol–water partition coefficient (Wildman–Crippen LogP) is 3.93. The fourth-order valence-corrected chi connectivity index (χ4v) is 4.06. The van der Waals surface area contributed by atoms with E-state index in [9.17, 15) is 0 Å². The molecule has 2 aromatic heterocycles. The Morgan fingerprint density at radius 3 is 2.90 bits per heavy atom. The molecule has 0 amide bonds. The van der Waals surface area contributed by atoms with Gasteiger partial charge in [-0.2, -0.15) is 0 Å². The highest BCUT2D eigenvalue weighted by Gasteiger charge is 2.22. The normalized spacial score (nSPS) is 13.8. The van der Waals surface area contributed by atoms with Crippen molar-refractivity contribution in [1.29, 1.82) is 0 Å². The van der Waals surface area contributed by atoms with Crippen LogP contribution in [0.15, 0.2) is 0 Å². The molecule has 1 N–H and O–H groups in total. The van der Waals surface area contributed by atoms with E-state index >= 15 is 0 Å². The number of rotatable bonds is 7. The van der Waals surface area contributed by atoms with Crippen LogP contribution >= 0.6 is 11.3 Å². The molecule has 0 unspecified atom stereocenters. The second kappa shape index (κ2) is 6.71. The second-order valence-electron chi connectivity index (χ2n) is 5.51. The molecule has 0 fully saturated rings. The van der Waals surface area contributed by atoms with E-state index in [1.54, 1.807) is 0 Å². The van der Waals surface area contributed by atoms with Crippen molar-refractivity contribution in [2.75, 3.05) is 18.5 Å². The van der Waals surface area contributed by atoms with Crippen molar-refractivity contribution in [2.24, 2.45) is 0 Å². The molecular formula is C16H23N3OS. The van der Waals surface area contributed by atoms with Crippen LogP contribution in [0.4, 0.5) is 5.82 Å². The van der Waals surface area contributed by atoms with Gasteiger partial charge in [0.1, 0.15) is 17.3 Å². The first-order valence-corrected chi connectivity index (χ1v) is 8.77. The second-order valence-corrected chi connectivity index (χ2v) is 6.59. The van der Waals surface area contributed by atoms with Crippen molar-refractivity contribution in [1.82, 2.24) is 9.97 Å². The Bertz CT molecular complexity index is 623. The zero-order chi connectivity index (χ0) is 14.7. The minimum absolute atomic E-state index is 0.507. The molecule has 0 aliphatic heterocycles. The lowest BCUT2D eigenvalue weighted by molar-refractivity contribution is 0.116. The first kappa shape index (κ1) is 14.7. The van der Waals surface area contributed by atoms with Crippen LogP contribution in [0.25, 0.3) is 10.2 Å². The highest BCUT2D eigenvalue weighted by Crippen LogP contribution is 2.39. The van der Waals surface area contributed by atoms with Crippen LogP contribution in [0.5, 0.6) is 0 Å². The van der Waals surface area contributed by atoms with Gasteiger partial charge in [-0.3, -0.25) is 0 Å². The van der Waals surface area contributed by atoms with Crippen molar-refractivity contribution in [2.45, 2.75) is 52.6 Å². The molecule has 0 radical (unpaired) electrons. The molecule has 1 aliphatic rings. The number of aryl methyl sites for hydroxylation is 2.